The number of piperazine rings is 1. The largest absolute Gasteiger partial charge is 0.494 e. The minimum atomic E-state index is 0.800. The van der Waals surface area contributed by atoms with Crippen molar-refractivity contribution in [2.75, 3.05) is 39.3 Å². The van der Waals surface area contributed by atoms with E-state index in [4.69, 9.17) is 4.74 Å². The number of ether oxygens (including phenoxy) is 1. The first-order chi connectivity index (χ1) is 11.4. The Bertz CT molecular complexity index is 548. The van der Waals surface area contributed by atoms with Crippen molar-refractivity contribution < 1.29 is 4.74 Å². The third kappa shape index (κ3) is 5.38. The molecule has 0 radical (unpaired) electrons. The van der Waals surface area contributed by atoms with Crippen LogP contribution in [0.25, 0.3) is 0 Å². The second-order valence-corrected chi connectivity index (χ2v) is 6.12. The third-order valence-corrected chi connectivity index (χ3v) is 4.34. The van der Waals surface area contributed by atoms with Crippen molar-refractivity contribution >= 4 is 0 Å². The minimum Gasteiger partial charge on any atom is -0.494 e. The van der Waals surface area contributed by atoms with Crippen LogP contribution in [0.3, 0.4) is 0 Å². The Morgan fingerprint density at radius 2 is 1.35 bits per heavy atom. The van der Waals surface area contributed by atoms with Gasteiger partial charge in [-0.05, 0) is 24.1 Å². The van der Waals surface area contributed by atoms with Crippen LogP contribution in [0.2, 0.25) is 0 Å². The molecule has 2 aromatic carbocycles. The molecule has 23 heavy (non-hydrogen) atoms. The zero-order valence-electron chi connectivity index (χ0n) is 13.7. The fourth-order valence-electron chi connectivity index (χ4n) is 3.01. The molecule has 0 N–H and O–H groups in total. The molecule has 0 bridgehead atoms. The molecule has 1 aliphatic heterocycles. The van der Waals surface area contributed by atoms with Crippen LogP contribution >= 0.6 is 0 Å². The molecule has 0 amide bonds. The second-order valence-electron chi connectivity index (χ2n) is 6.12. The van der Waals surface area contributed by atoms with Crippen molar-refractivity contribution in [3.63, 3.8) is 0 Å². The van der Waals surface area contributed by atoms with Crippen LogP contribution in [0.15, 0.2) is 60.7 Å². The Morgan fingerprint density at radius 1 is 0.739 bits per heavy atom. The van der Waals surface area contributed by atoms with Crippen molar-refractivity contribution in [1.82, 2.24) is 9.80 Å². The molecule has 0 spiro atoms. The lowest BCUT2D eigenvalue weighted by Crippen LogP contribution is -2.46. The molecule has 0 aromatic heterocycles. The second kappa shape index (κ2) is 8.70. The van der Waals surface area contributed by atoms with Crippen LogP contribution in [-0.2, 0) is 6.54 Å². The van der Waals surface area contributed by atoms with Crippen LogP contribution in [0, 0.1) is 0 Å². The maximum absolute atomic E-state index is 5.76. The Labute approximate surface area is 139 Å². The van der Waals surface area contributed by atoms with E-state index in [0.29, 0.717) is 0 Å². The highest BCUT2D eigenvalue weighted by molar-refractivity contribution is 5.20. The summed E-state index contributed by atoms with van der Waals surface area (Å²) in [6.45, 7) is 7.66. The van der Waals surface area contributed by atoms with Gasteiger partial charge in [0.05, 0.1) is 6.61 Å². The fourth-order valence-corrected chi connectivity index (χ4v) is 3.01. The Balaban J connectivity index is 1.30. The van der Waals surface area contributed by atoms with Gasteiger partial charge >= 0.3 is 0 Å². The van der Waals surface area contributed by atoms with E-state index in [-0.39, 0.29) is 0 Å². The highest BCUT2D eigenvalue weighted by Crippen LogP contribution is 2.10. The van der Waals surface area contributed by atoms with Crippen molar-refractivity contribution in [3.8, 4) is 5.75 Å². The molecular weight excluding hydrogens is 284 g/mol. The molecule has 2 aromatic rings. The third-order valence-electron chi connectivity index (χ3n) is 4.34. The molecular formula is C20H26N2O. The first kappa shape index (κ1) is 16.0. The van der Waals surface area contributed by atoms with Gasteiger partial charge in [-0.3, -0.25) is 4.90 Å². The molecule has 1 saturated heterocycles. The summed E-state index contributed by atoms with van der Waals surface area (Å²) >= 11 is 0. The molecule has 0 unspecified atom stereocenters. The molecule has 0 atom stereocenters. The molecule has 3 heteroatoms. The van der Waals surface area contributed by atoms with E-state index in [2.05, 4.69) is 40.1 Å². The van der Waals surface area contributed by atoms with Gasteiger partial charge in [0.2, 0.25) is 0 Å². The number of nitrogens with zero attached hydrogens (tertiary/aromatic N) is 2. The number of benzene rings is 2. The topological polar surface area (TPSA) is 15.7 Å². The Kier molecular flexibility index (Phi) is 6.07. The van der Waals surface area contributed by atoms with Crippen molar-refractivity contribution in [2.45, 2.75) is 13.0 Å². The summed E-state index contributed by atoms with van der Waals surface area (Å²) in [6, 6.07) is 20.8. The van der Waals surface area contributed by atoms with Crippen molar-refractivity contribution in [1.29, 1.82) is 0 Å². The summed E-state index contributed by atoms with van der Waals surface area (Å²) in [7, 11) is 0. The lowest BCUT2D eigenvalue weighted by molar-refractivity contribution is 0.121. The molecule has 1 aliphatic rings. The molecule has 1 fully saturated rings. The van der Waals surface area contributed by atoms with E-state index in [1.165, 1.54) is 5.56 Å². The van der Waals surface area contributed by atoms with Crippen LogP contribution in [0.5, 0.6) is 5.75 Å². The first-order valence-corrected chi connectivity index (χ1v) is 8.57. The lowest BCUT2D eigenvalue weighted by atomic mass is 10.2. The van der Waals surface area contributed by atoms with Crippen LogP contribution in [-0.4, -0.2) is 49.1 Å². The van der Waals surface area contributed by atoms with Crippen molar-refractivity contribution in [2.24, 2.45) is 0 Å². The van der Waals surface area contributed by atoms with Gasteiger partial charge in [0.15, 0.2) is 0 Å². The predicted molar refractivity (Wildman–Crippen MR) is 94.7 cm³/mol. The zero-order valence-corrected chi connectivity index (χ0v) is 13.7. The Morgan fingerprint density at radius 3 is 2.04 bits per heavy atom. The van der Waals surface area contributed by atoms with Crippen LogP contribution in [0.4, 0.5) is 0 Å². The maximum atomic E-state index is 5.76. The number of hydrogen-bond acceptors (Lipinski definition) is 3. The fraction of sp³-hybridized carbons (Fsp3) is 0.400. The monoisotopic (exact) mass is 310 g/mol. The highest BCUT2D eigenvalue weighted by atomic mass is 16.5. The van der Waals surface area contributed by atoms with Gasteiger partial charge in [-0.25, -0.2) is 0 Å². The predicted octanol–water partition coefficient (Wildman–Crippen LogP) is 3.27. The van der Waals surface area contributed by atoms with Gasteiger partial charge in [0.1, 0.15) is 5.75 Å². The number of hydrogen-bond donors (Lipinski definition) is 0. The van der Waals surface area contributed by atoms with Crippen LogP contribution in [0.1, 0.15) is 12.0 Å². The smallest absolute Gasteiger partial charge is 0.119 e. The highest BCUT2D eigenvalue weighted by Gasteiger charge is 2.16. The van der Waals surface area contributed by atoms with E-state index >= 15 is 0 Å². The molecule has 3 nitrogen and oxygen atoms in total. The summed E-state index contributed by atoms with van der Waals surface area (Å²) < 4.78 is 5.76. The molecule has 1 heterocycles. The van der Waals surface area contributed by atoms with E-state index in [9.17, 15) is 0 Å². The maximum Gasteiger partial charge on any atom is 0.119 e. The molecule has 122 valence electrons. The minimum absolute atomic E-state index is 0.800. The summed E-state index contributed by atoms with van der Waals surface area (Å²) in [5, 5.41) is 0. The lowest BCUT2D eigenvalue weighted by Gasteiger charge is -2.34. The average Bonchev–Trinajstić information content (AvgIpc) is 2.62. The number of rotatable bonds is 7. The quantitative estimate of drug-likeness (QED) is 0.730. The van der Waals surface area contributed by atoms with Crippen LogP contribution < -0.4 is 4.74 Å². The number of para-hydroxylation sites is 1. The van der Waals surface area contributed by atoms with E-state index in [1.807, 2.05) is 30.3 Å². The van der Waals surface area contributed by atoms with Gasteiger partial charge < -0.3 is 9.64 Å². The van der Waals surface area contributed by atoms with E-state index in [1.54, 1.807) is 0 Å². The van der Waals surface area contributed by atoms with E-state index in [0.717, 1.165) is 58.0 Å². The normalized spacial score (nSPS) is 16.3. The van der Waals surface area contributed by atoms with E-state index < -0.39 is 0 Å². The molecule has 0 saturated carbocycles. The Hall–Kier alpha value is -1.84. The molecule has 3 rings (SSSR count). The van der Waals surface area contributed by atoms with Crippen molar-refractivity contribution in [3.05, 3.63) is 66.2 Å². The van der Waals surface area contributed by atoms with Gasteiger partial charge in [0.25, 0.3) is 0 Å². The zero-order chi connectivity index (χ0) is 15.7. The average molecular weight is 310 g/mol. The summed E-state index contributed by atoms with van der Waals surface area (Å²) in [6.07, 6.45) is 1.09. The SMILES string of the molecule is c1ccc(CN2CCN(CCCOc3ccccc3)CC2)cc1. The van der Waals surface area contributed by atoms with Gasteiger partial charge in [-0.2, -0.15) is 0 Å². The van der Waals surface area contributed by atoms with Gasteiger partial charge in [-0.1, -0.05) is 48.5 Å². The van der Waals surface area contributed by atoms with Gasteiger partial charge in [-0.15, -0.1) is 0 Å². The first-order valence-electron chi connectivity index (χ1n) is 8.57. The summed E-state index contributed by atoms with van der Waals surface area (Å²) in [5.74, 6) is 0.972. The summed E-state index contributed by atoms with van der Waals surface area (Å²) in [5.41, 5.74) is 1.41. The molecule has 0 aliphatic carbocycles. The standard InChI is InChI=1S/C20H26N2O/c1-3-8-19(9-4-1)18-22-15-13-21(14-16-22)12-7-17-23-20-10-5-2-6-11-20/h1-6,8-11H,7,12-18H2. The summed E-state index contributed by atoms with van der Waals surface area (Å²) in [4.78, 5) is 5.10. The van der Waals surface area contributed by atoms with Gasteiger partial charge in [0, 0.05) is 39.3 Å².